The van der Waals surface area contributed by atoms with Gasteiger partial charge in [-0.05, 0) is 43.0 Å². The molecule has 2 amide bonds. The third-order valence-corrected chi connectivity index (χ3v) is 4.72. The fraction of sp³-hybridized carbons (Fsp3) is 0.500. The average Bonchev–Trinajstić information content (AvgIpc) is 2.86. The zero-order valence-electron chi connectivity index (χ0n) is 13.1. The molecule has 0 aromatic heterocycles. The van der Waals surface area contributed by atoms with Crippen LogP contribution in [-0.4, -0.2) is 29.3 Å². The number of aryl methyl sites for hydroxylation is 1. The van der Waals surface area contributed by atoms with Gasteiger partial charge < -0.3 is 4.90 Å². The van der Waals surface area contributed by atoms with Gasteiger partial charge in [-0.15, -0.1) is 0 Å². The second-order valence-electron chi connectivity index (χ2n) is 5.96. The zero-order chi connectivity index (χ0) is 16.3. The number of carbonyl (C=O) groups is 2. The zero-order valence-corrected chi connectivity index (χ0v) is 14.7. The molecule has 0 spiro atoms. The first-order valence-electron chi connectivity index (χ1n) is 7.51. The maximum atomic E-state index is 12.5. The summed E-state index contributed by atoms with van der Waals surface area (Å²) in [5.41, 5.74) is 7.54. The lowest BCUT2D eigenvalue weighted by Gasteiger charge is -2.30. The van der Waals surface area contributed by atoms with Crippen molar-refractivity contribution in [3.8, 4) is 0 Å². The molecule has 0 saturated carbocycles. The number of anilines is 1. The molecule has 1 unspecified atom stereocenters. The summed E-state index contributed by atoms with van der Waals surface area (Å²) < 4.78 is 1.02. The molecule has 1 fully saturated rings. The lowest BCUT2D eigenvalue weighted by Crippen LogP contribution is -2.51. The molecule has 1 aromatic rings. The topological polar surface area (TPSA) is 61.4 Å². The number of hydrogen-bond donors (Lipinski definition) is 2. The van der Waals surface area contributed by atoms with Crippen LogP contribution in [0.15, 0.2) is 22.7 Å². The molecule has 6 heteroatoms. The summed E-state index contributed by atoms with van der Waals surface area (Å²) in [5, 5.41) is 0. The van der Waals surface area contributed by atoms with Crippen LogP contribution in [0.5, 0.6) is 0 Å². The molecule has 1 aliphatic heterocycles. The van der Waals surface area contributed by atoms with Crippen molar-refractivity contribution >= 4 is 33.4 Å². The third kappa shape index (κ3) is 3.80. The Morgan fingerprint density at radius 3 is 2.64 bits per heavy atom. The number of amides is 2. The molecule has 120 valence electrons. The summed E-state index contributed by atoms with van der Waals surface area (Å²) >= 11 is 3.44. The van der Waals surface area contributed by atoms with E-state index >= 15 is 0 Å². The van der Waals surface area contributed by atoms with Crippen molar-refractivity contribution in [3.63, 3.8) is 0 Å². The van der Waals surface area contributed by atoms with Crippen LogP contribution in [0.4, 0.5) is 5.69 Å². The number of likely N-dealkylation sites (tertiary alicyclic amines) is 1. The van der Waals surface area contributed by atoms with Crippen molar-refractivity contribution in [3.05, 3.63) is 28.2 Å². The van der Waals surface area contributed by atoms with E-state index < -0.39 is 6.04 Å². The van der Waals surface area contributed by atoms with Gasteiger partial charge in [-0.2, -0.15) is 0 Å². The quantitative estimate of drug-likeness (QED) is 0.786. The third-order valence-electron chi connectivity index (χ3n) is 3.83. The van der Waals surface area contributed by atoms with E-state index in [9.17, 15) is 9.59 Å². The number of halogens is 1. The van der Waals surface area contributed by atoms with Crippen LogP contribution in [0.25, 0.3) is 0 Å². The van der Waals surface area contributed by atoms with Crippen LogP contribution in [0.1, 0.15) is 32.3 Å². The normalized spacial score (nSPS) is 16.0. The monoisotopic (exact) mass is 367 g/mol. The van der Waals surface area contributed by atoms with Crippen LogP contribution in [0, 0.1) is 12.8 Å². The molecule has 2 rings (SSSR count). The predicted molar refractivity (Wildman–Crippen MR) is 90.2 cm³/mol. The van der Waals surface area contributed by atoms with Crippen molar-refractivity contribution in [1.82, 2.24) is 10.3 Å². The smallest absolute Gasteiger partial charge is 0.261 e. The fourth-order valence-corrected chi connectivity index (χ4v) is 2.94. The van der Waals surface area contributed by atoms with Crippen molar-refractivity contribution in [2.24, 2.45) is 5.92 Å². The minimum Gasteiger partial charge on any atom is -0.330 e. The van der Waals surface area contributed by atoms with Crippen LogP contribution >= 0.6 is 15.9 Å². The molecule has 1 aliphatic rings. The molecular weight excluding hydrogens is 346 g/mol. The van der Waals surface area contributed by atoms with Gasteiger partial charge in [0.1, 0.15) is 6.04 Å². The Bertz CT molecular complexity index is 575. The van der Waals surface area contributed by atoms with Crippen LogP contribution in [0.3, 0.4) is 0 Å². The lowest BCUT2D eigenvalue weighted by molar-refractivity contribution is -0.138. The largest absolute Gasteiger partial charge is 0.330 e. The molecule has 1 saturated heterocycles. The Balaban J connectivity index is 2.02. The van der Waals surface area contributed by atoms with E-state index in [1.165, 1.54) is 0 Å². The number of carbonyl (C=O) groups excluding carboxylic acids is 2. The molecule has 1 heterocycles. The van der Waals surface area contributed by atoms with E-state index in [0.29, 0.717) is 13.0 Å². The van der Waals surface area contributed by atoms with Gasteiger partial charge in [-0.1, -0.05) is 29.8 Å². The second-order valence-corrected chi connectivity index (χ2v) is 6.81. The van der Waals surface area contributed by atoms with E-state index in [4.69, 9.17) is 0 Å². The van der Waals surface area contributed by atoms with Gasteiger partial charge in [-0.3, -0.25) is 20.4 Å². The molecular formula is C16H22BrN3O2. The van der Waals surface area contributed by atoms with Gasteiger partial charge in [-0.25, -0.2) is 0 Å². The second kappa shape index (κ2) is 7.13. The van der Waals surface area contributed by atoms with Crippen molar-refractivity contribution in [2.45, 2.75) is 39.7 Å². The molecule has 0 bridgehead atoms. The van der Waals surface area contributed by atoms with E-state index in [2.05, 4.69) is 26.8 Å². The Morgan fingerprint density at radius 2 is 2.09 bits per heavy atom. The summed E-state index contributed by atoms with van der Waals surface area (Å²) in [6.45, 7) is 6.56. The van der Waals surface area contributed by atoms with Gasteiger partial charge >= 0.3 is 0 Å². The van der Waals surface area contributed by atoms with E-state index in [1.54, 1.807) is 4.90 Å². The summed E-state index contributed by atoms with van der Waals surface area (Å²) in [6, 6.07) is 5.31. The van der Waals surface area contributed by atoms with E-state index in [0.717, 1.165) is 22.1 Å². The van der Waals surface area contributed by atoms with Gasteiger partial charge in [0, 0.05) is 17.4 Å². The highest BCUT2D eigenvalue weighted by Crippen LogP contribution is 2.21. The Labute approximate surface area is 139 Å². The fourth-order valence-electron chi connectivity index (χ4n) is 2.70. The SMILES string of the molecule is Cc1cc(NNC(=O)C(C(C)C)N2CCCC2=O)ccc1Br. The van der Waals surface area contributed by atoms with Crippen LogP contribution < -0.4 is 10.9 Å². The highest BCUT2D eigenvalue weighted by atomic mass is 79.9. The van der Waals surface area contributed by atoms with Crippen LogP contribution in [-0.2, 0) is 9.59 Å². The molecule has 0 aliphatic carbocycles. The maximum absolute atomic E-state index is 12.5. The standard InChI is InChI=1S/C16H22BrN3O2/c1-10(2)15(20-8-4-5-14(20)21)16(22)19-18-12-6-7-13(17)11(3)9-12/h6-7,9-10,15,18H,4-5,8H2,1-3H3,(H,19,22). The Hall–Kier alpha value is -1.56. The van der Waals surface area contributed by atoms with Gasteiger partial charge in [0.2, 0.25) is 5.91 Å². The van der Waals surface area contributed by atoms with Crippen molar-refractivity contribution in [2.75, 3.05) is 12.0 Å². The van der Waals surface area contributed by atoms with E-state index in [1.807, 2.05) is 39.0 Å². The number of benzene rings is 1. The summed E-state index contributed by atoms with van der Waals surface area (Å²) in [4.78, 5) is 26.1. The minimum atomic E-state index is -0.431. The Morgan fingerprint density at radius 1 is 1.36 bits per heavy atom. The van der Waals surface area contributed by atoms with Gasteiger partial charge in [0.15, 0.2) is 0 Å². The first kappa shape index (κ1) is 16.8. The van der Waals surface area contributed by atoms with Gasteiger partial charge in [0.25, 0.3) is 5.91 Å². The average molecular weight is 368 g/mol. The number of hydrazine groups is 1. The van der Waals surface area contributed by atoms with Crippen molar-refractivity contribution in [1.29, 1.82) is 0 Å². The summed E-state index contributed by atoms with van der Waals surface area (Å²) in [7, 11) is 0. The first-order chi connectivity index (χ1) is 10.4. The van der Waals surface area contributed by atoms with Crippen molar-refractivity contribution < 1.29 is 9.59 Å². The number of rotatable bonds is 5. The van der Waals surface area contributed by atoms with Crippen LogP contribution in [0.2, 0.25) is 0 Å². The molecule has 1 atom stereocenters. The number of nitrogens with zero attached hydrogens (tertiary/aromatic N) is 1. The maximum Gasteiger partial charge on any atom is 0.261 e. The van der Waals surface area contributed by atoms with Gasteiger partial charge in [0.05, 0.1) is 5.69 Å². The molecule has 1 aromatic carbocycles. The highest BCUT2D eigenvalue weighted by Gasteiger charge is 2.34. The predicted octanol–water partition coefficient (Wildman–Crippen LogP) is 2.85. The van der Waals surface area contributed by atoms with E-state index in [-0.39, 0.29) is 17.7 Å². The summed E-state index contributed by atoms with van der Waals surface area (Å²) in [6.07, 6.45) is 1.37. The first-order valence-corrected chi connectivity index (χ1v) is 8.31. The molecule has 22 heavy (non-hydrogen) atoms. The highest BCUT2D eigenvalue weighted by molar-refractivity contribution is 9.10. The number of hydrogen-bond acceptors (Lipinski definition) is 3. The number of nitrogens with one attached hydrogen (secondary N) is 2. The minimum absolute atomic E-state index is 0.0633. The Kier molecular flexibility index (Phi) is 5.45. The summed E-state index contributed by atoms with van der Waals surface area (Å²) in [5.74, 6) is -0.0466. The lowest BCUT2D eigenvalue weighted by atomic mass is 10.0. The molecule has 2 N–H and O–H groups in total. The molecule has 0 radical (unpaired) electrons. The molecule has 5 nitrogen and oxygen atoms in total.